The van der Waals surface area contributed by atoms with E-state index in [9.17, 15) is 18.0 Å². The lowest BCUT2D eigenvalue weighted by molar-refractivity contribution is -0.192. The molecule has 2 atom stereocenters. The largest absolute Gasteiger partial charge is 0.490 e. The van der Waals surface area contributed by atoms with Gasteiger partial charge in [-0.25, -0.2) is 4.79 Å². The summed E-state index contributed by atoms with van der Waals surface area (Å²) < 4.78 is 42.7. The number of hydrogen-bond donors (Lipinski definition) is 2. The summed E-state index contributed by atoms with van der Waals surface area (Å²) >= 11 is 0. The van der Waals surface area contributed by atoms with Crippen molar-refractivity contribution < 1.29 is 37.0 Å². The average Bonchev–Trinajstić information content (AvgIpc) is 3.26. The Kier molecular flexibility index (Phi) is 5.99. The number of carbonyl (C=O) groups is 2. The first kappa shape index (κ1) is 20.7. The molecule has 7 nitrogen and oxygen atoms in total. The first-order valence-electron chi connectivity index (χ1n) is 9.15. The summed E-state index contributed by atoms with van der Waals surface area (Å²) in [6.45, 7) is 3.61. The Bertz CT molecular complexity index is 690. The highest BCUT2D eigenvalue weighted by atomic mass is 19.4. The number of rotatable bonds is 4. The van der Waals surface area contributed by atoms with Crippen molar-refractivity contribution >= 4 is 11.9 Å². The van der Waals surface area contributed by atoms with Gasteiger partial charge in [0.05, 0.1) is 31.4 Å². The Morgan fingerprint density at radius 1 is 1.36 bits per heavy atom. The minimum Gasteiger partial charge on any atom is -0.475 e. The van der Waals surface area contributed by atoms with E-state index in [1.165, 1.54) is 19.3 Å². The number of nitrogens with zero attached hydrogens (tertiary/aromatic N) is 1. The monoisotopic (exact) mass is 404 g/mol. The van der Waals surface area contributed by atoms with Crippen molar-refractivity contribution in [2.75, 3.05) is 26.3 Å². The number of carboxylic acids is 1. The molecule has 1 aliphatic carbocycles. The molecule has 3 heterocycles. The Balaban J connectivity index is 0.000000279. The third-order valence-corrected chi connectivity index (χ3v) is 5.69. The van der Waals surface area contributed by atoms with Crippen molar-refractivity contribution in [3.8, 4) is 0 Å². The summed E-state index contributed by atoms with van der Waals surface area (Å²) in [5.41, 5.74) is -0.345. The van der Waals surface area contributed by atoms with Crippen LogP contribution in [0, 0.1) is 11.3 Å². The van der Waals surface area contributed by atoms with Crippen molar-refractivity contribution in [2.45, 2.75) is 38.0 Å². The summed E-state index contributed by atoms with van der Waals surface area (Å²) in [6, 6.07) is 4.43. The molecule has 3 aliphatic rings. The number of fused-ring (bicyclic) bond motifs is 1. The lowest BCUT2D eigenvalue weighted by Crippen LogP contribution is -2.47. The molecule has 3 fully saturated rings. The van der Waals surface area contributed by atoms with Gasteiger partial charge in [0.2, 0.25) is 5.91 Å². The number of furan rings is 1. The van der Waals surface area contributed by atoms with Crippen LogP contribution in [0.1, 0.15) is 25.0 Å². The number of hydrogen-bond acceptors (Lipinski definition) is 5. The first-order valence-corrected chi connectivity index (χ1v) is 9.15. The number of nitrogens with one attached hydrogen (secondary N) is 1. The van der Waals surface area contributed by atoms with Gasteiger partial charge in [0, 0.05) is 25.0 Å². The van der Waals surface area contributed by atoms with Crippen LogP contribution in [0.3, 0.4) is 0 Å². The van der Waals surface area contributed by atoms with E-state index < -0.39 is 12.1 Å². The number of alkyl halides is 3. The number of carbonyl (C=O) groups excluding carboxylic acids is 1. The maximum absolute atomic E-state index is 12.8. The van der Waals surface area contributed by atoms with Gasteiger partial charge < -0.3 is 19.6 Å². The fourth-order valence-corrected chi connectivity index (χ4v) is 3.88. The molecule has 156 valence electrons. The predicted octanol–water partition coefficient (Wildman–Crippen LogP) is 2.03. The van der Waals surface area contributed by atoms with Gasteiger partial charge in [-0.05, 0) is 25.0 Å². The van der Waals surface area contributed by atoms with E-state index in [1.54, 1.807) is 6.26 Å². The molecule has 0 spiro atoms. The second-order valence-electron chi connectivity index (χ2n) is 7.45. The van der Waals surface area contributed by atoms with Gasteiger partial charge in [-0.3, -0.25) is 9.69 Å². The SMILES string of the molecule is O=C(NCc1ccco1)[C@]12COC[C@H]1CN(C1CCC1)C2.O=C(O)C(F)(F)F. The minimum absolute atomic E-state index is 0.128. The van der Waals surface area contributed by atoms with E-state index in [2.05, 4.69) is 10.2 Å². The van der Waals surface area contributed by atoms with Gasteiger partial charge in [-0.2, -0.15) is 13.2 Å². The van der Waals surface area contributed by atoms with Gasteiger partial charge in [-0.1, -0.05) is 6.42 Å². The Hall–Kier alpha value is -2.07. The fourth-order valence-electron chi connectivity index (χ4n) is 3.88. The number of likely N-dealkylation sites (tertiary alicyclic amines) is 1. The van der Waals surface area contributed by atoms with Crippen LogP contribution in [0.5, 0.6) is 0 Å². The van der Waals surface area contributed by atoms with E-state index in [0.717, 1.165) is 25.5 Å². The molecule has 28 heavy (non-hydrogen) atoms. The molecule has 2 N–H and O–H groups in total. The molecular formula is C18H23F3N2O5. The second kappa shape index (κ2) is 8.12. The summed E-state index contributed by atoms with van der Waals surface area (Å²) in [4.78, 5) is 24.2. The second-order valence-corrected chi connectivity index (χ2v) is 7.45. The number of amides is 1. The van der Waals surface area contributed by atoms with Gasteiger partial charge in [0.15, 0.2) is 0 Å². The zero-order chi connectivity index (χ0) is 20.4. The molecule has 10 heteroatoms. The molecule has 1 saturated carbocycles. The molecule has 0 aromatic carbocycles. The third-order valence-electron chi connectivity index (χ3n) is 5.69. The molecule has 1 aromatic rings. The van der Waals surface area contributed by atoms with Crippen LogP contribution in [0.15, 0.2) is 22.8 Å². The van der Waals surface area contributed by atoms with E-state index >= 15 is 0 Å². The topological polar surface area (TPSA) is 92.0 Å². The third kappa shape index (κ3) is 4.33. The quantitative estimate of drug-likeness (QED) is 0.798. The number of ether oxygens (including phenoxy) is 1. The van der Waals surface area contributed by atoms with Gasteiger partial charge in [-0.15, -0.1) is 0 Å². The fraction of sp³-hybridized carbons (Fsp3) is 0.667. The van der Waals surface area contributed by atoms with Crippen LogP contribution >= 0.6 is 0 Å². The molecule has 1 amide bonds. The maximum atomic E-state index is 12.8. The Morgan fingerprint density at radius 2 is 2.07 bits per heavy atom. The Morgan fingerprint density at radius 3 is 2.61 bits per heavy atom. The first-order chi connectivity index (χ1) is 13.2. The van der Waals surface area contributed by atoms with E-state index in [1.807, 2.05) is 12.1 Å². The normalized spacial score (nSPS) is 27.5. The van der Waals surface area contributed by atoms with Gasteiger partial charge in [0.1, 0.15) is 5.76 Å². The van der Waals surface area contributed by atoms with Gasteiger partial charge >= 0.3 is 12.1 Å². The summed E-state index contributed by atoms with van der Waals surface area (Å²) in [7, 11) is 0. The molecular weight excluding hydrogens is 381 g/mol. The molecule has 2 aliphatic heterocycles. The predicted molar refractivity (Wildman–Crippen MR) is 90.2 cm³/mol. The summed E-state index contributed by atoms with van der Waals surface area (Å²) in [5.74, 6) is -1.49. The van der Waals surface area contributed by atoms with Crippen LogP contribution in [0.2, 0.25) is 0 Å². The molecule has 0 unspecified atom stereocenters. The zero-order valence-electron chi connectivity index (χ0n) is 15.2. The number of carboxylic acid groups (broad SMARTS) is 1. The molecule has 0 bridgehead atoms. The highest BCUT2D eigenvalue weighted by Crippen LogP contribution is 2.44. The minimum atomic E-state index is -5.08. The lowest BCUT2D eigenvalue weighted by Gasteiger charge is -2.36. The standard InChI is InChI=1S/C16H22N2O3.C2HF3O2/c19-15(17-7-14-5-2-6-21-14)16-10-18(13-3-1-4-13)8-12(16)9-20-11-16;3-2(4,5)1(6)7/h2,5-6,12-13H,1,3-4,7-11H2,(H,17,19);(H,6,7)/t12-,16-;/m1./s1. The van der Waals surface area contributed by atoms with Gasteiger partial charge in [0.25, 0.3) is 0 Å². The summed E-state index contributed by atoms with van der Waals surface area (Å²) in [6.07, 6.45) is 0.463. The van der Waals surface area contributed by atoms with Crippen LogP contribution < -0.4 is 5.32 Å². The van der Waals surface area contributed by atoms with Crippen LogP contribution in [0.25, 0.3) is 0 Å². The molecule has 4 rings (SSSR count). The van der Waals surface area contributed by atoms with E-state index in [-0.39, 0.29) is 11.3 Å². The number of aliphatic carboxylic acids is 1. The lowest BCUT2D eigenvalue weighted by atomic mass is 9.80. The molecule has 0 radical (unpaired) electrons. The van der Waals surface area contributed by atoms with E-state index in [0.29, 0.717) is 25.1 Å². The number of halogens is 3. The highest BCUT2D eigenvalue weighted by Gasteiger charge is 2.56. The van der Waals surface area contributed by atoms with Crippen LogP contribution in [-0.4, -0.2) is 60.4 Å². The molecule has 1 aromatic heterocycles. The average molecular weight is 404 g/mol. The smallest absolute Gasteiger partial charge is 0.475 e. The maximum Gasteiger partial charge on any atom is 0.490 e. The van der Waals surface area contributed by atoms with Crippen molar-refractivity contribution in [1.29, 1.82) is 0 Å². The van der Waals surface area contributed by atoms with Crippen molar-refractivity contribution in [3.63, 3.8) is 0 Å². The van der Waals surface area contributed by atoms with Crippen molar-refractivity contribution in [1.82, 2.24) is 10.2 Å². The summed E-state index contributed by atoms with van der Waals surface area (Å²) in [5, 5.41) is 10.2. The van der Waals surface area contributed by atoms with Crippen LogP contribution in [0.4, 0.5) is 13.2 Å². The van der Waals surface area contributed by atoms with Crippen molar-refractivity contribution in [3.05, 3.63) is 24.2 Å². The highest BCUT2D eigenvalue weighted by molar-refractivity contribution is 5.84. The van der Waals surface area contributed by atoms with Crippen LogP contribution in [-0.2, 0) is 20.9 Å². The molecule has 2 saturated heterocycles. The Labute approximate surface area is 159 Å². The van der Waals surface area contributed by atoms with E-state index in [4.69, 9.17) is 19.1 Å². The van der Waals surface area contributed by atoms with Crippen molar-refractivity contribution in [2.24, 2.45) is 11.3 Å². The zero-order valence-corrected chi connectivity index (χ0v) is 15.2.